The Bertz CT molecular complexity index is 905. The maximum Gasteiger partial charge on any atom is 0.184 e. The monoisotopic (exact) mass is 456 g/mol. The normalized spacial score (nSPS) is 30.8. The molecule has 2 aliphatic rings. The van der Waals surface area contributed by atoms with Crippen molar-refractivity contribution >= 4 is 10.8 Å². The summed E-state index contributed by atoms with van der Waals surface area (Å²) >= 11 is 0. The molecule has 6 nitrogen and oxygen atoms in total. The van der Waals surface area contributed by atoms with Gasteiger partial charge in [-0.3, -0.25) is 4.21 Å². The van der Waals surface area contributed by atoms with Crippen LogP contribution in [0.5, 0.6) is 0 Å². The molecule has 2 saturated heterocycles. The molecule has 2 aromatic rings. The van der Waals surface area contributed by atoms with Gasteiger partial charge in [0, 0.05) is 10.5 Å². The summed E-state index contributed by atoms with van der Waals surface area (Å²) in [6, 6.07) is 18.9. The summed E-state index contributed by atoms with van der Waals surface area (Å²) in [6.45, 7) is 8.35. The van der Waals surface area contributed by atoms with E-state index in [-0.39, 0.29) is 13.2 Å². The van der Waals surface area contributed by atoms with E-state index in [2.05, 4.69) is 13.2 Å². The molecule has 0 aliphatic carbocycles. The third-order valence-corrected chi connectivity index (χ3v) is 6.89. The van der Waals surface area contributed by atoms with Crippen LogP contribution in [0.4, 0.5) is 0 Å². The summed E-state index contributed by atoms with van der Waals surface area (Å²) in [5, 5.41) is 0. The van der Waals surface area contributed by atoms with E-state index in [9.17, 15) is 4.21 Å². The smallest absolute Gasteiger partial charge is 0.184 e. The van der Waals surface area contributed by atoms with Crippen molar-refractivity contribution in [1.29, 1.82) is 0 Å². The molecule has 7 atom stereocenters. The van der Waals surface area contributed by atoms with Gasteiger partial charge in [0.25, 0.3) is 0 Å². The number of hydrogen-bond donors (Lipinski definition) is 0. The first kappa shape index (κ1) is 23.0. The Morgan fingerprint density at radius 3 is 2.19 bits per heavy atom. The van der Waals surface area contributed by atoms with Gasteiger partial charge >= 0.3 is 0 Å². The van der Waals surface area contributed by atoms with Crippen molar-refractivity contribution in [3.63, 3.8) is 0 Å². The molecule has 2 aliphatic heterocycles. The lowest BCUT2D eigenvalue weighted by atomic mass is 9.98. The zero-order chi connectivity index (χ0) is 22.3. The zero-order valence-electron chi connectivity index (χ0n) is 17.8. The van der Waals surface area contributed by atoms with Crippen LogP contribution in [0.2, 0.25) is 0 Å². The van der Waals surface area contributed by atoms with E-state index in [1.807, 2.05) is 60.7 Å². The first-order chi connectivity index (χ1) is 15.7. The van der Waals surface area contributed by atoms with E-state index in [0.717, 1.165) is 5.56 Å². The molecule has 170 valence electrons. The van der Waals surface area contributed by atoms with E-state index in [0.29, 0.717) is 11.5 Å². The Morgan fingerprint density at radius 1 is 0.906 bits per heavy atom. The van der Waals surface area contributed by atoms with Crippen molar-refractivity contribution in [2.45, 2.75) is 41.0 Å². The van der Waals surface area contributed by atoms with Gasteiger partial charge in [-0.2, -0.15) is 0 Å². The van der Waals surface area contributed by atoms with E-state index >= 15 is 0 Å². The number of ether oxygens (including phenoxy) is 5. The first-order valence-electron chi connectivity index (χ1n) is 10.6. The Labute approximate surface area is 191 Å². The fourth-order valence-corrected chi connectivity index (χ4v) is 5.33. The molecule has 2 aromatic carbocycles. The lowest BCUT2D eigenvalue weighted by Gasteiger charge is -2.48. The van der Waals surface area contributed by atoms with Gasteiger partial charge in [0.2, 0.25) is 0 Å². The largest absolute Gasteiger partial charge is 0.368 e. The second-order valence-electron chi connectivity index (χ2n) is 7.50. The second kappa shape index (κ2) is 11.1. The molecule has 7 heteroatoms. The summed E-state index contributed by atoms with van der Waals surface area (Å²) < 4.78 is 44.3. The molecule has 0 saturated carbocycles. The third-order valence-electron chi connectivity index (χ3n) is 5.36. The zero-order valence-corrected chi connectivity index (χ0v) is 18.6. The fraction of sp³-hybridized carbons (Fsp3) is 0.360. The van der Waals surface area contributed by atoms with Crippen LogP contribution in [0, 0.1) is 0 Å². The number of rotatable bonds is 9. The van der Waals surface area contributed by atoms with Gasteiger partial charge in [0.15, 0.2) is 11.7 Å². The SMILES string of the molecule is C=CCO[C@H]1[C@@H]2OC(c3ccccc3)OC[C@H]2O[C@H](S(=O)c2ccccc2)[C@H]1OCC=C. The summed E-state index contributed by atoms with van der Waals surface area (Å²) in [5.74, 6) is 0. The average molecular weight is 457 g/mol. The average Bonchev–Trinajstić information content (AvgIpc) is 2.86. The number of fused-ring (bicyclic) bond motifs is 1. The van der Waals surface area contributed by atoms with Gasteiger partial charge in [0.1, 0.15) is 24.4 Å². The van der Waals surface area contributed by atoms with E-state index in [1.165, 1.54) is 0 Å². The topological polar surface area (TPSA) is 63.2 Å². The van der Waals surface area contributed by atoms with Crippen LogP contribution < -0.4 is 0 Å². The Hall–Kier alpha value is -2.13. The highest BCUT2D eigenvalue weighted by molar-refractivity contribution is 7.85. The summed E-state index contributed by atoms with van der Waals surface area (Å²) in [6.07, 6.45) is 0.693. The molecule has 0 amide bonds. The van der Waals surface area contributed by atoms with Crippen molar-refractivity contribution in [2.75, 3.05) is 19.8 Å². The Balaban J connectivity index is 1.63. The predicted octanol–water partition coefficient (Wildman–Crippen LogP) is 3.78. The molecular weight excluding hydrogens is 428 g/mol. The minimum absolute atomic E-state index is 0.264. The molecule has 0 N–H and O–H groups in total. The van der Waals surface area contributed by atoms with Crippen LogP contribution in [-0.4, -0.2) is 53.9 Å². The Morgan fingerprint density at radius 2 is 1.53 bits per heavy atom. The van der Waals surface area contributed by atoms with Crippen molar-refractivity contribution in [2.24, 2.45) is 0 Å². The lowest BCUT2D eigenvalue weighted by Crippen LogP contribution is -2.64. The maximum absolute atomic E-state index is 13.5. The molecule has 0 radical (unpaired) electrons. The summed E-state index contributed by atoms with van der Waals surface area (Å²) in [5.41, 5.74) is 0.154. The van der Waals surface area contributed by atoms with Crippen molar-refractivity contribution < 1.29 is 27.9 Å². The minimum Gasteiger partial charge on any atom is -0.368 e. The van der Waals surface area contributed by atoms with Crippen LogP contribution in [-0.2, 0) is 34.5 Å². The van der Waals surface area contributed by atoms with Crippen LogP contribution >= 0.6 is 0 Å². The van der Waals surface area contributed by atoms with Gasteiger partial charge in [0.05, 0.1) is 30.6 Å². The maximum atomic E-state index is 13.5. The fourth-order valence-electron chi connectivity index (χ4n) is 3.91. The quantitative estimate of drug-likeness (QED) is 0.535. The number of hydrogen-bond acceptors (Lipinski definition) is 6. The summed E-state index contributed by atoms with van der Waals surface area (Å²) in [7, 11) is -1.49. The number of benzene rings is 2. The van der Waals surface area contributed by atoms with E-state index in [4.69, 9.17) is 23.7 Å². The third kappa shape index (κ3) is 5.09. The standard InChI is InChI=1S/C25H28O6S/c1-3-15-27-22-21-20(17-29-24(31-21)18-11-7-5-8-12-18)30-25(23(22)28-16-4-2)32(26)19-13-9-6-10-14-19/h3-14,20-25H,1-2,15-17H2/t20-,21-,22+,23+,24?,25-,32?/m1/s1. The van der Waals surface area contributed by atoms with Crippen molar-refractivity contribution in [3.8, 4) is 0 Å². The van der Waals surface area contributed by atoms with Gasteiger partial charge in [-0.25, -0.2) is 0 Å². The molecule has 2 fully saturated rings. The summed E-state index contributed by atoms with van der Waals surface area (Å²) in [4.78, 5) is 0.658. The van der Waals surface area contributed by atoms with E-state index < -0.39 is 46.9 Å². The predicted molar refractivity (Wildman–Crippen MR) is 121 cm³/mol. The molecule has 4 rings (SSSR count). The van der Waals surface area contributed by atoms with Crippen molar-refractivity contribution in [3.05, 3.63) is 91.5 Å². The molecule has 32 heavy (non-hydrogen) atoms. The van der Waals surface area contributed by atoms with Gasteiger partial charge in [-0.15, -0.1) is 13.2 Å². The van der Waals surface area contributed by atoms with Crippen LogP contribution in [0.1, 0.15) is 11.9 Å². The minimum atomic E-state index is -1.49. The molecule has 0 aromatic heterocycles. The molecular formula is C25H28O6S. The highest BCUT2D eigenvalue weighted by Crippen LogP contribution is 2.38. The van der Waals surface area contributed by atoms with Crippen LogP contribution in [0.25, 0.3) is 0 Å². The molecule has 2 heterocycles. The lowest BCUT2D eigenvalue weighted by molar-refractivity contribution is -0.326. The second-order valence-corrected chi connectivity index (χ2v) is 9.03. The van der Waals surface area contributed by atoms with Crippen LogP contribution in [0.3, 0.4) is 0 Å². The van der Waals surface area contributed by atoms with Gasteiger partial charge < -0.3 is 23.7 Å². The van der Waals surface area contributed by atoms with Gasteiger partial charge in [-0.1, -0.05) is 60.7 Å². The Kier molecular flexibility index (Phi) is 8.02. The van der Waals surface area contributed by atoms with Gasteiger partial charge in [-0.05, 0) is 12.1 Å². The molecule has 0 spiro atoms. The van der Waals surface area contributed by atoms with E-state index in [1.54, 1.807) is 12.2 Å². The highest BCUT2D eigenvalue weighted by atomic mass is 32.2. The van der Waals surface area contributed by atoms with Crippen molar-refractivity contribution in [1.82, 2.24) is 0 Å². The first-order valence-corrected chi connectivity index (χ1v) is 11.8. The molecule has 0 bridgehead atoms. The highest BCUT2D eigenvalue weighted by Gasteiger charge is 2.53. The molecule has 2 unspecified atom stereocenters. The van der Waals surface area contributed by atoms with Crippen LogP contribution in [0.15, 0.2) is 90.9 Å².